The average Bonchev–Trinajstić information content (AvgIpc) is 3.37. The molecule has 0 radical (unpaired) electrons. The van der Waals surface area contributed by atoms with E-state index in [1.165, 1.54) is 23.0 Å². The van der Waals surface area contributed by atoms with Crippen LogP contribution in [0, 0.1) is 12.7 Å². The van der Waals surface area contributed by atoms with Crippen LogP contribution in [0.25, 0.3) is 16.6 Å². The van der Waals surface area contributed by atoms with Gasteiger partial charge in [0.25, 0.3) is 5.91 Å². The summed E-state index contributed by atoms with van der Waals surface area (Å²) in [7, 11) is 3.12. The first-order valence-corrected chi connectivity index (χ1v) is 12.3. The lowest BCUT2D eigenvalue weighted by atomic mass is 10.2. The Morgan fingerprint density at radius 2 is 1.77 bits per heavy atom. The Morgan fingerprint density at radius 1 is 0.975 bits per heavy atom. The number of hydrogen-bond acceptors (Lipinski definition) is 8. The van der Waals surface area contributed by atoms with Crippen molar-refractivity contribution < 1.29 is 28.1 Å². The van der Waals surface area contributed by atoms with Crippen molar-refractivity contribution in [2.24, 2.45) is 0 Å². The van der Waals surface area contributed by atoms with Gasteiger partial charge in [-0.15, -0.1) is 0 Å². The van der Waals surface area contributed by atoms with E-state index in [0.717, 1.165) is 5.39 Å². The van der Waals surface area contributed by atoms with Crippen molar-refractivity contribution in [1.29, 1.82) is 0 Å². The van der Waals surface area contributed by atoms with E-state index in [4.69, 9.17) is 18.9 Å². The van der Waals surface area contributed by atoms with Gasteiger partial charge in [-0.05, 0) is 61.9 Å². The third-order valence-electron chi connectivity index (χ3n) is 6.01. The number of nitrogens with zero attached hydrogens (tertiary/aromatic N) is 4. The zero-order chi connectivity index (χ0) is 28.2. The monoisotopic (exact) mass is 543 g/mol. The first kappa shape index (κ1) is 26.4. The molecule has 0 aliphatic heterocycles. The number of aryl methyl sites for hydroxylation is 1. The molecule has 1 amide bonds. The van der Waals surface area contributed by atoms with Gasteiger partial charge in [-0.2, -0.15) is 5.10 Å². The number of methoxy groups -OCH3 is 2. The molecule has 3 heterocycles. The number of carbonyl (C=O) groups excluding carboxylic acids is 1. The molecular formula is C29H26FN5O5. The van der Waals surface area contributed by atoms with Crippen molar-refractivity contribution in [3.05, 3.63) is 84.2 Å². The van der Waals surface area contributed by atoms with Crippen LogP contribution in [0.15, 0.2) is 67.1 Å². The first-order valence-electron chi connectivity index (χ1n) is 12.3. The molecule has 204 valence electrons. The summed E-state index contributed by atoms with van der Waals surface area (Å²) in [6.45, 7) is 3.90. The van der Waals surface area contributed by atoms with E-state index in [-0.39, 0.29) is 11.5 Å². The maximum absolute atomic E-state index is 13.6. The molecule has 11 heteroatoms. The molecule has 5 aromatic rings. The quantitative estimate of drug-likeness (QED) is 0.251. The van der Waals surface area contributed by atoms with E-state index < -0.39 is 5.91 Å². The fourth-order valence-electron chi connectivity index (χ4n) is 4.13. The topological polar surface area (TPSA) is 110 Å². The van der Waals surface area contributed by atoms with Gasteiger partial charge in [0.05, 0.1) is 44.4 Å². The normalized spacial score (nSPS) is 10.8. The number of benzene rings is 2. The fraction of sp³-hybridized carbons (Fsp3) is 0.172. The van der Waals surface area contributed by atoms with Crippen molar-refractivity contribution in [3.8, 4) is 34.4 Å². The van der Waals surface area contributed by atoms with Crippen LogP contribution in [0.5, 0.6) is 28.7 Å². The highest BCUT2D eigenvalue weighted by atomic mass is 19.1. The van der Waals surface area contributed by atoms with E-state index in [2.05, 4.69) is 20.4 Å². The molecule has 0 aliphatic carbocycles. The molecule has 0 saturated carbocycles. The van der Waals surface area contributed by atoms with Crippen molar-refractivity contribution in [2.45, 2.75) is 13.8 Å². The highest BCUT2D eigenvalue weighted by Gasteiger charge is 2.20. The standard InChI is InChI=1S/C29H26FN5O5/c1-5-39-26-16-35(22-8-6-18(30)12-17(22)2)34-28(26)29(36)33-27-9-7-19(15-32-27)40-23-10-11-31-21-14-25(38-4)24(37-3)13-20(21)23/h6-16H,5H2,1-4H3,(H,32,33,36). The number of halogens is 1. The number of amides is 1. The SMILES string of the molecule is CCOc1cn(-c2ccc(F)cc2C)nc1C(=O)Nc1ccc(Oc2ccnc3cc(OC)c(OC)cc23)cn1. The number of rotatable bonds is 9. The van der Waals surface area contributed by atoms with Crippen molar-refractivity contribution >= 4 is 22.6 Å². The van der Waals surface area contributed by atoms with Gasteiger partial charge in [0.1, 0.15) is 23.1 Å². The smallest absolute Gasteiger partial charge is 0.281 e. The summed E-state index contributed by atoms with van der Waals surface area (Å²) in [5.41, 5.74) is 2.03. The molecule has 1 N–H and O–H groups in total. The lowest BCUT2D eigenvalue weighted by molar-refractivity contribution is 0.101. The molecule has 0 bridgehead atoms. The van der Waals surface area contributed by atoms with Crippen LogP contribution >= 0.6 is 0 Å². The predicted molar refractivity (Wildman–Crippen MR) is 147 cm³/mol. The van der Waals surface area contributed by atoms with Crippen LogP contribution in [0.2, 0.25) is 0 Å². The van der Waals surface area contributed by atoms with Gasteiger partial charge in [-0.3, -0.25) is 9.78 Å². The first-order chi connectivity index (χ1) is 19.4. The summed E-state index contributed by atoms with van der Waals surface area (Å²) in [5, 5.41) is 7.86. The van der Waals surface area contributed by atoms with Crippen LogP contribution in [0.4, 0.5) is 10.2 Å². The average molecular weight is 544 g/mol. The molecule has 0 atom stereocenters. The predicted octanol–water partition coefficient (Wildman–Crippen LogP) is 5.72. The van der Waals surface area contributed by atoms with Gasteiger partial charge < -0.3 is 24.3 Å². The number of anilines is 1. The molecule has 10 nitrogen and oxygen atoms in total. The Kier molecular flexibility index (Phi) is 7.45. The Labute approximate surface area is 229 Å². The van der Waals surface area contributed by atoms with Gasteiger partial charge in [0.15, 0.2) is 22.9 Å². The second-order valence-electron chi connectivity index (χ2n) is 8.62. The Morgan fingerprint density at radius 3 is 2.48 bits per heavy atom. The molecule has 0 spiro atoms. The minimum Gasteiger partial charge on any atom is -0.493 e. The minimum atomic E-state index is -0.510. The molecular weight excluding hydrogens is 517 g/mol. The second kappa shape index (κ2) is 11.3. The Hall–Kier alpha value is -5.19. The zero-order valence-corrected chi connectivity index (χ0v) is 22.3. The van der Waals surface area contributed by atoms with E-state index in [0.29, 0.717) is 57.9 Å². The molecule has 0 unspecified atom stereocenters. The van der Waals surface area contributed by atoms with E-state index in [1.54, 1.807) is 76.9 Å². The molecule has 0 fully saturated rings. The largest absolute Gasteiger partial charge is 0.493 e. The summed E-state index contributed by atoms with van der Waals surface area (Å²) in [6, 6.07) is 12.9. The highest BCUT2D eigenvalue weighted by molar-refractivity contribution is 6.04. The number of hydrogen-bond donors (Lipinski definition) is 1. The van der Waals surface area contributed by atoms with Crippen LogP contribution in [-0.2, 0) is 0 Å². The van der Waals surface area contributed by atoms with Gasteiger partial charge in [-0.25, -0.2) is 14.1 Å². The lowest BCUT2D eigenvalue weighted by Crippen LogP contribution is -2.15. The van der Waals surface area contributed by atoms with E-state index >= 15 is 0 Å². The Balaban J connectivity index is 1.35. The summed E-state index contributed by atoms with van der Waals surface area (Å²) in [6.07, 6.45) is 4.72. The van der Waals surface area contributed by atoms with Crippen LogP contribution in [0.3, 0.4) is 0 Å². The Bertz CT molecular complexity index is 1690. The maximum atomic E-state index is 13.6. The fourth-order valence-corrected chi connectivity index (χ4v) is 4.13. The van der Waals surface area contributed by atoms with Crippen molar-refractivity contribution in [2.75, 3.05) is 26.1 Å². The number of fused-ring (bicyclic) bond motifs is 1. The van der Waals surface area contributed by atoms with Crippen molar-refractivity contribution in [1.82, 2.24) is 19.7 Å². The van der Waals surface area contributed by atoms with E-state index in [1.807, 2.05) is 0 Å². The van der Waals surface area contributed by atoms with Gasteiger partial charge in [0.2, 0.25) is 0 Å². The molecule has 5 rings (SSSR count). The third kappa shape index (κ3) is 5.35. The number of aromatic nitrogens is 4. The zero-order valence-electron chi connectivity index (χ0n) is 22.3. The minimum absolute atomic E-state index is 0.0698. The maximum Gasteiger partial charge on any atom is 0.281 e. The third-order valence-corrected chi connectivity index (χ3v) is 6.01. The summed E-state index contributed by atoms with van der Waals surface area (Å²) < 4.78 is 37.5. The van der Waals surface area contributed by atoms with Crippen LogP contribution in [0.1, 0.15) is 23.0 Å². The number of nitrogens with one attached hydrogen (secondary N) is 1. The van der Waals surface area contributed by atoms with Crippen LogP contribution < -0.4 is 24.3 Å². The lowest BCUT2D eigenvalue weighted by Gasteiger charge is -2.12. The highest BCUT2D eigenvalue weighted by Crippen LogP contribution is 2.36. The van der Waals surface area contributed by atoms with Gasteiger partial charge in [0, 0.05) is 17.6 Å². The summed E-state index contributed by atoms with van der Waals surface area (Å²) in [4.78, 5) is 21.8. The molecule has 0 aliphatic rings. The number of pyridine rings is 2. The molecule has 40 heavy (non-hydrogen) atoms. The molecule has 2 aromatic carbocycles. The summed E-state index contributed by atoms with van der Waals surface area (Å²) >= 11 is 0. The number of ether oxygens (including phenoxy) is 4. The molecule has 0 saturated heterocycles. The number of carbonyl (C=O) groups is 1. The van der Waals surface area contributed by atoms with Gasteiger partial charge in [-0.1, -0.05) is 0 Å². The second-order valence-corrected chi connectivity index (χ2v) is 8.62. The van der Waals surface area contributed by atoms with E-state index in [9.17, 15) is 9.18 Å². The van der Waals surface area contributed by atoms with Crippen molar-refractivity contribution in [3.63, 3.8) is 0 Å². The summed E-state index contributed by atoms with van der Waals surface area (Å²) in [5.74, 6) is 1.83. The molecule has 3 aromatic heterocycles. The van der Waals surface area contributed by atoms with Gasteiger partial charge >= 0.3 is 0 Å². The van der Waals surface area contributed by atoms with Crippen LogP contribution in [-0.4, -0.2) is 46.5 Å².